The Morgan fingerprint density at radius 3 is 2.50 bits per heavy atom. The van der Waals surface area contributed by atoms with Crippen molar-refractivity contribution in [2.24, 2.45) is 0 Å². The second-order valence-electron chi connectivity index (χ2n) is 4.59. The van der Waals surface area contributed by atoms with Crippen molar-refractivity contribution in [1.29, 1.82) is 0 Å². The lowest BCUT2D eigenvalue weighted by Crippen LogP contribution is -2.51. The number of hydrogen-bond donors (Lipinski definition) is 1. The van der Waals surface area contributed by atoms with Gasteiger partial charge in [-0.15, -0.1) is 11.3 Å². The van der Waals surface area contributed by atoms with E-state index in [0.717, 1.165) is 26.2 Å². The molecule has 0 saturated carbocycles. The van der Waals surface area contributed by atoms with Gasteiger partial charge in [0.2, 0.25) is 0 Å². The third-order valence-electron chi connectivity index (χ3n) is 3.07. The van der Waals surface area contributed by atoms with Gasteiger partial charge in [0.25, 0.3) is 0 Å². The van der Waals surface area contributed by atoms with Crippen molar-refractivity contribution in [3.05, 3.63) is 21.9 Å². The van der Waals surface area contributed by atoms with Crippen molar-refractivity contribution in [2.45, 2.75) is 19.9 Å². The summed E-state index contributed by atoms with van der Waals surface area (Å²) < 4.78 is 0. The van der Waals surface area contributed by atoms with E-state index in [1.54, 1.807) is 0 Å². The van der Waals surface area contributed by atoms with Crippen LogP contribution < -0.4 is 5.43 Å². The molecule has 0 bridgehead atoms. The van der Waals surface area contributed by atoms with Gasteiger partial charge in [-0.05, 0) is 33.0 Å². The van der Waals surface area contributed by atoms with Crippen molar-refractivity contribution in [3.8, 4) is 0 Å². The lowest BCUT2D eigenvalue weighted by atomic mass is 10.3. The van der Waals surface area contributed by atoms with E-state index in [9.17, 15) is 0 Å². The van der Waals surface area contributed by atoms with E-state index >= 15 is 0 Å². The van der Waals surface area contributed by atoms with E-state index < -0.39 is 0 Å². The van der Waals surface area contributed by atoms with E-state index in [1.807, 2.05) is 11.3 Å². The van der Waals surface area contributed by atoms with E-state index in [4.69, 9.17) is 0 Å². The first-order chi connectivity index (χ1) is 7.65. The number of hydrogen-bond acceptors (Lipinski definition) is 4. The third-order valence-corrected chi connectivity index (χ3v) is 4.25. The van der Waals surface area contributed by atoms with Crippen molar-refractivity contribution < 1.29 is 0 Å². The summed E-state index contributed by atoms with van der Waals surface area (Å²) in [6.07, 6.45) is 0. The van der Waals surface area contributed by atoms with E-state index in [0.29, 0.717) is 6.04 Å². The van der Waals surface area contributed by atoms with Gasteiger partial charge in [0.1, 0.15) is 0 Å². The highest BCUT2D eigenvalue weighted by Gasteiger charge is 2.16. The fraction of sp³-hybridized carbons (Fsp3) is 0.667. The Morgan fingerprint density at radius 1 is 1.25 bits per heavy atom. The molecule has 1 aromatic heterocycles. The second kappa shape index (κ2) is 5.27. The zero-order valence-electron chi connectivity index (χ0n) is 10.4. The summed E-state index contributed by atoms with van der Waals surface area (Å²) in [7, 11) is 2.18. The number of likely N-dealkylation sites (N-methyl/N-ethyl adjacent to an activating group) is 1. The van der Waals surface area contributed by atoms with Gasteiger partial charge >= 0.3 is 0 Å². The van der Waals surface area contributed by atoms with E-state index in [1.165, 1.54) is 9.75 Å². The van der Waals surface area contributed by atoms with Gasteiger partial charge in [-0.25, -0.2) is 10.4 Å². The van der Waals surface area contributed by atoms with Gasteiger partial charge in [0.15, 0.2) is 0 Å². The zero-order chi connectivity index (χ0) is 11.5. The van der Waals surface area contributed by atoms with Crippen molar-refractivity contribution in [2.75, 3.05) is 33.2 Å². The molecule has 1 N–H and O–H groups in total. The molecule has 0 spiro atoms. The monoisotopic (exact) mass is 239 g/mol. The highest BCUT2D eigenvalue weighted by Crippen LogP contribution is 2.22. The third kappa shape index (κ3) is 3.04. The van der Waals surface area contributed by atoms with Crippen LogP contribution in [-0.4, -0.2) is 43.1 Å². The van der Waals surface area contributed by atoms with E-state index in [-0.39, 0.29) is 0 Å². The minimum atomic E-state index is 0.433. The maximum atomic E-state index is 3.59. The first-order valence-corrected chi connectivity index (χ1v) is 6.73. The SMILES string of the molecule is Cc1ccc(C(C)NN2CCN(C)CC2)s1. The van der Waals surface area contributed by atoms with Crippen LogP contribution in [-0.2, 0) is 0 Å². The fourth-order valence-electron chi connectivity index (χ4n) is 1.96. The molecule has 0 aliphatic carbocycles. The largest absolute Gasteiger partial charge is 0.304 e. The molecule has 2 heterocycles. The van der Waals surface area contributed by atoms with Gasteiger partial charge in [0.05, 0.1) is 6.04 Å². The molecule has 1 aliphatic heterocycles. The quantitative estimate of drug-likeness (QED) is 0.869. The molecule has 0 radical (unpaired) electrons. The van der Waals surface area contributed by atoms with Crippen LogP contribution in [0.3, 0.4) is 0 Å². The average Bonchev–Trinajstić information content (AvgIpc) is 2.68. The van der Waals surface area contributed by atoms with Crippen molar-refractivity contribution in [1.82, 2.24) is 15.3 Å². The van der Waals surface area contributed by atoms with Gasteiger partial charge in [-0.1, -0.05) is 0 Å². The molecular weight excluding hydrogens is 218 g/mol. The molecule has 90 valence electrons. The summed E-state index contributed by atoms with van der Waals surface area (Å²) in [4.78, 5) is 5.19. The maximum absolute atomic E-state index is 3.59. The number of nitrogens with one attached hydrogen (secondary N) is 1. The van der Waals surface area contributed by atoms with Crippen molar-refractivity contribution in [3.63, 3.8) is 0 Å². The topological polar surface area (TPSA) is 18.5 Å². The first-order valence-electron chi connectivity index (χ1n) is 5.91. The Kier molecular flexibility index (Phi) is 3.97. The summed E-state index contributed by atoms with van der Waals surface area (Å²) in [5.74, 6) is 0. The Morgan fingerprint density at radius 2 is 1.94 bits per heavy atom. The molecule has 3 nitrogen and oxygen atoms in total. The molecule has 16 heavy (non-hydrogen) atoms. The number of thiophene rings is 1. The molecule has 0 amide bonds. The van der Waals surface area contributed by atoms with Crippen LogP contribution in [0.25, 0.3) is 0 Å². The summed E-state index contributed by atoms with van der Waals surface area (Å²) in [6.45, 7) is 8.95. The smallest absolute Gasteiger partial charge is 0.0529 e. The normalized spacial score (nSPS) is 21.2. The van der Waals surface area contributed by atoms with Crippen LogP contribution in [0.4, 0.5) is 0 Å². The Bertz CT molecular complexity index is 329. The molecule has 1 aliphatic rings. The van der Waals surface area contributed by atoms with Crippen molar-refractivity contribution >= 4 is 11.3 Å². The molecule has 1 atom stereocenters. The molecule has 4 heteroatoms. The second-order valence-corrected chi connectivity index (χ2v) is 5.91. The van der Waals surface area contributed by atoms with Crippen LogP contribution in [0.5, 0.6) is 0 Å². The number of aryl methyl sites for hydroxylation is 1. The highest BCUT2D eigenvalue weighted by molar-refractivity contribution is 7.12. The van der Waals surface area contributed by atoms with Gasteiger partial charge < -0.3 is 4.90 Å². The summed E-state index contributed by atoms with van der Waals surface area (Å²) in [6, 6.07) is 4.86. The maximum Gasteiger partial charge on any atom is 0.0529 e. The van der Waals surface area contributed by atoms with Gasteiger partial charge in [0, 0.05) is 35.9 Å². The first kappa shape index (κ1) is 12.0. The van der Waals surface area contributed by atoms with Crippen LogP contribution in [0.2, 0.25) is 0 Å². The molecule has 1 aromatic rings. The van der Waals surface area contributed by atoms with Crippen LogP contribution in [0, 0.1) is 6.92 Å². The summed E-state index contributed by atoms with van der Waals surface area (Å²) in [5, 5.41) is 2.35. The lowest BCUT2D eigenvalue weighted by Gasteiger charge is -2.34. The Hall–Kier alpha value is -0.420. The van der Waals surface area contributed by atoms with E-state index in [2.05, 4.69) is 48.4 Å². The molecule has 2 rings (SSSR count). The Labute approximate surface area is 102 Å². The summed E-state index contributed by atoms with van der Waals surface area (Å²) in [5.41, 5.74) is 3.59. The number of nitrogens with zero attached hydrogens (tertiary/aromatic N) is 2. The Balaban J connectivity index is 1.85. The number of rotatable bonds is 3. The zero-order valence-corrected chi connectivity index (χ0v) is 11.2. The lowest BCUT2D eigenvalue weighted by molar-refractivity contribution is 0.0905. The average molecular weight is 239 g/mol. The molecule has 1 fully saturated rings. The van der Waals surface area contributed by atoms with Crippen LogP contribution in [0.1, 0.15) is 22.7 Å². The number of hydrazine groups is 1. The molecule has 1 unspecified atom stereocenters. The highest BCUT2D eigenvalue weighted by atomic mass is 32.1. The molecule has 0 aromatic carbocycles. The minimum Gasteiger partial charge on any atom is -0.304 e. The minimum absolute atomic E-state index is 0.433. The molecular formula is C12H21N3S. The van der Waals surface area contributed by atoms with Gasteiger partial charge in [-0.3, -0.25) is 0 Å². The van der Waals surface area contributed by atoms with Crippen LogP contribution >= 0.6 is 11.3 Å². The number of piperazine rings is 1. The predicted molar refractivity (Wildman–Crippen MR) is 69.7 cm³/mol. The predicted octanol–water partition coefficient (Wildman–Crippen LogP) is 1.87. The van der Waals surface area contributed by atoms with Crippen LogP contribution in [0.15, 0.2) is 12.1 Å². The van der Waals surface area contributed by atoms with Gasteiger partial charge in [-0.2, -0.15) is 0 Å². The fourth-order valence-corrected chi connectivity index (χ4v) is 2.83. The molecule has 1 saturated heterocycles. The summed E-state index contributed by atoms with van der Waals surface area (Å²) >= 11 is 1.89. The standard InChI is InChI=1S/C12H21N3S/c1-10-4-5-12(16-10)11(2)13-15-8-6-14(3)7-9-15/h4-5,11,13H,6-9H2,1-3H3.